The number of amides is 2. The zero-order chi connectivity index (χ0) is 22.2. The molecule has 2 aliphatic rings. The first kappa shape index (κ1) is 21.2. The maximum absolute atomic E-state index is 12.8. The number of rotatable bonds is 3. The van der Waals surface area contributed by atoms with Crippen LogP contribution in [0.15, 0.2) is 36.5 Å². The van der Waals surface area contributed by atoms with Crippen LogP contribution in [-0.2, 0) is 15.8 Å². The molecular weight excluding hydrogens is 437 g/mol. The molecule has 3 heterocycles. The second-order valence-corrected chi connectivity index (χ2v) is 7.54. The third-order valence-electron chi connectivity index (χ3n) is 5.18. The lowest BCUT2D eigenvalue weighted by Gasteiger charge is -2.37. The summed E-state index contributed by atoms with van der Waals surface area (Å²) in [6.45, 7) is 1.14. The van der Waals surface area contributed by atoms with Crippen molar-refractivity contribution >= 4 is 34.9 Å². The molecule has 2 amide bonds. The van der Waals surface area contributed by atoms with Crippen LogP contribution in [0.1, 0.15) is 5.56 Å². The van der Waals surface area contributed by atoms with Crippen LogP contribution in [0.3, 0.4) is 0 Å². The number of halogens is 4. The number of benzene rings is 1. The number of carbonyl (C=O) groups is 2. The third kappa shape index (κ3) is 4.39. The summed E-state index contributed by atoms with van der Waals surface area (Å²) in [6, 6.07) is 7.85. The fraction of sp³-hybridized carbons (Fsp3) is 0.350. The summed E-state index contributed by atoms with van der Waals surface area (Å²) in [5, 5.41) is -0.0925. The fourth-order valence-corrected chi connectivity index (χ4v) is 3.83. The Morgan fingerprint density at radius 1 is 1.16 bits per heavy atom. The monoisotopic (exact) mass is 454 g/mol. The largest absolute Gasteiger partial charge is 0.482 e. The quantitative estimate of drug-likeness (QED) is 0.713. The molecular formula is C20H18ClF3N4O3. The number of hydrogen-bond donors (Lipinski definition) is 0. The molecule has 0 saturated carbocycles. The highest BCUT2D eigenvalue weighted by Crippen LogP contribution is 2.34. The summed E-state index contributed by atoms with van der Waals surface area (Å²) in [5.41, 5.74) is -0.364. The van der Waals surface area contributed by atoms with E-state index in [0.717, 1.165) is 12.3 Å². The molecule has 1 aromatic heterocycles. The molecule has 0 bridgehead atoms. The summed E-state index contributed by atoms with van der Waals surface area (Å²) in [5.74, 6) is 0.268. The van der Waals surface area contributed by atoms with E-state index in [-0.39, 0.29) is 35.8 Å². The Balaban J connectivity index is 1.39. The molecule has 4 rings (SSSR count). The van der Waals surface area contributed by atoms with E-state index in [2.05, 4.69) is 4.98 Å². The smallest absolute Gasteiger partial charge is 0.417 e. The summed E-state index contributed by atoms with van der Waals surface area (Å²) in [6.07, 6.45) is -3.77. The number of carbonyl (C=O) groups excluding carboxylic acids is 2. The summed E-state index contributed by atoms with van der Waals surface area (Å²) in [4.78, 5) is 33.7. The maximum atomic E-state index is 12.8. The predicted octanol–water partition coefficient (Wildman–Crippen LogP) is 2.83. The number of aromatic nitrogens is 1. The van der Waals surface area contributed by atoms with Gasteiger partial charge in [-0.2, -0.15) is 13.2 Å². The van der Waals surface area contributed by atoms with Gasteiger partial charge in [0, 0.05) is 32.4 Å². The van der Waals surface area contributed by atoms with Crippen molar-refractivity contribution in [2.45, 2.75) is 6.18 Å². The standard InChI is InChI=1S/C20H18ClF3N4O3/c21-14-9-13(20(22,23)24)10-25-19(14)27-7-5-26(6-8-27)17(29)11-28-15-3-1-2-4-16(15)31-12-18(28)30/h1-4,9-10H,5-8,11-12H2. The van der Waals surface area contributed by atoms with Gasteiger partial charge >= 0.3 is 6.18 Å². The number of pyridine rings is 1. The number of fused-ring (bicyclic) bond motifs is 1. The van der Waals surface area contributed by atoms with Crippen molar-refractivity contribution in [1.82, 2.24) is 9.88 Å². The van der Waals surface area contributed by atoms with Crippen molar-refractivity contribution in [2.75, 3.05) is 49.1 Å². The highest BCUT2D eigenvalue weighted by atomic mass is 35.5. The Morgan fingerprint density at radius 2 is 1.87 bits per heavy atom. The van der Waals surface area contributed by atoms with Crippen molar-refractivity contribution in [3.8, 4) is 5.75 Å². The molecule has 0 unspecified atom stereocenters. The molecule has 0 N–H and O–H groups in total. The molecule has 0 aliphatic carbocycles. The van der Waals surface area contributed by atoms with Crippen molar-refractivity contribution in [3.05, 3.63) is 47.1 Å². The Labute approximate surface area is 180 Å². The minimum Gasteiger partial charge on any atom is -0.482 e. The zero-order valence-electron chi connectivity index (χ0n) is 16.2. The molecule has 1 fully saturated rings. The predicted molar refractivity (Wildman–Crippen MR) is 107 cm³/mol. The summed E-state index contributed by atoms with van der Waals surface area (Å²) >= 11 is 6.02. The van der Waals surface area contributed by atoms with Gasteiger partial charge in [-0.05, 0) is 18.2 Å². The lowest BCUT2D eigenvalue weighted by molar-refractivity contribution is -0.137. The molecule has 0 atom stereocenters. The molecule has 2 aliphatic heterocycles. The lowest BCUT2D eigenvalue weighted by Crippen LogP contribution is -2.53. The van der Waals surface area contributed by atoms with Gasteiger partial charge in [-0.1, -0.05) is 23.7 Å². The Bertz CT molecular complexity index is 1010. The first-order valence-corrected chi connectivity index (χ1v) is 9.89. The van der Waals surface area contributed by atoms with Gasteiger partial charge in [-0.25, -0.2) is 4.98 Å². The Hall–Kier alpha value is -3.01. The second-order valence-electron chi connectivity index (χ2n) is 7.13. The molecule has 164 valence electrons. The molecule has 2 aromatic rings. The molecule has 11 heteroatoms. The minimum absolute atomic E-state index is 0.0925. The van der Waals surface area contributed by atoms with Gasteiger partial charge in [-0.3, -0.25) is 14.5 Å². The highest BCUT2D eigenvalue weighted by Gasteiger charge is 2.33. The van der Waals surface area contributed by atoms with Gasteiger partial charge < -0.3 is 14.5 Å². The number of para-hydroxylation sites is 2. The number of hydrogen-bond acceptors (Lipinski definition) is 5. The van der Waals surface area contributed by atoms with Gasteiger partial charge in [0.15, 0.2) is 6.61 Å². The van der Waals surface area contributed by atoms with Gasteiger partial charge in [-0.15, -0.1) is 0 Å². The third-order valence-corrected chi connectivity index (χ3v) is 5.46. The second kappa shape index (κ2) is 8.26. The van der Waals surface area contributed by atoms with Crippen molar-refractivity contribution in [1.29, 1.82) is 0 Å². The fourth-order valence-electron chi connectivity index (χ4n) is 3.55. The van der Waals surface area contributed by atoms with Crippen LogP contribution in [0.2, 0.25) is 5.02 Å². The van der Waals surface area contributed by atoms with E-state index in [1.54, 1.807) is 34.1 Å². The molecule has 7 nitrogen and oxygen atoms in total. The number of anilines is 2. The van der Waals surface area contributed by atoms with E-state index in [0.29, 0.717) is 37.6 Å². The van der Waals surface area contributed by atoms with Gasteiger partial charge in [0.2, 0.25) is 5.91 Å². The van der Waals surface area contributed by atoms with Crippen LogP contribution >= 0.6 is 11.6 Å². The minimum atomic E-state index is -4.52. The van der Waals surface area contributed by atoms with Crippen LogP contribution in [0.4, 0.5) is 24.7 Å². The first-order valence-electron chi connectivity index (χ1n) is 9.51. The number of nitrogens with zero attached hydrogens (tertiary/aromatic N) is 4. The van der Waals surface area contributed by atoms with E-state index in [9.17, 15) is 22.8 Å². The molecule has 1 aromatic carbocycles. The Morgan fingerprint density at radius 3 is 2.55 bits per heavy atom. The van der Waals surface area contributed by atoms with E-state index >= 15 is 0 Å². The first-order chi connectivity index (χ1) is 14.7. The zero-order valence-corrected chi connectivity index (χ0v) is 17.0. The summed E-state index contributed by atoms with van der Waals surface area (Å²) in [7, 11) is 0. The van der Waals surface area contributed by atoms with Crippen LogP contribution < -0.4 is 14.5 Å². The average Bonchev–Trinajstić information content (AvgIpc) is 2.75. The van der Waals surface area contributed by atoms with Crippen molar-refractivity contribution in [3.63, 3.8) is 0 Å². The van der Waals surface area contributed by atoms with Crippen LogP contribution in [-0.4, -0.2) is 61.0 Å². The van der Waals surface area contributed by atoms with E-state index in [1.165, 1.54) is 4.90 Å². The van der Waals surface area contributed by atoms with E-state index < -0.39 is 11.7 Å². The maximum Gasteiger partial charge on any atom is 0.417 e. The molecule has 31 heavy (non-hydrogen) atoms. The van der Waals surface area contributed by atoms with Gasteiger partial charge in [0.25, 0.3) is 5.91 Å². The molecule has 0 spiro atoms. The van der Waals surface area contributed by atoms with Gasteiger partial charge in [0.05, 0.1) is 16.3 Å². The average molecular weight is 455 g/mol. The van der Waals surface area contributed by atoms with Gasteiger partial charge in [0.1, 0.15) is 18.1 Å². The molecule has 0 radical (unpaired) electrons. The number of piperazine rings is 1. The highest BCUT2D eigenvalue weighted by molar-refractivity contribution is 6.33. The van der Waals surface area contributed by atoms with Crippen LogP contribution in [0.5, 0.6) is 5.75 Å². The topological polar surface area (TPSA) is 66.0 Å². The van der Waals surface area contributed by atoms with E-state index in [1.807, 2.05) is 0 Å². The van der Waals surface area contributed by atoms with E-state index in [4.69, 9.17) is 16.3 Å². The van der Waals surface area contributed by atoms with Crippen LogP contribution in [0.25, 0.3) is 0 Å². The Kier molecular flexibility index (Phi) is 5.65. The normalized spacial score (nSPS) is 16.8. The number of alkyl halides is 3. The lowest BCUT2D eigenvalue weighted by atomic mass is 10.2. The SMILES string of the molecule is O=C(CN1C(=O)COc2ccccc21)N1CCN(c2ncc(C(F)(F)F)cc2Cl)CC1. The van der Waals surface area contributed by atoms with Crippen molar-refractivity contribution in [2.24, 2.45) is 0 Å². The van der Waals surface area contributed by atoms with Crippen molar-refractivity contribution < 1.29 is 27.5 Å². The molecule has 1 saturated heterocycles. The van der Waals surface area contributed by atoms with Crippen LogP contribution in [0, 0.1) is 0 Å². The number of ether oxygens (including phenoxy) is 1. The summed E-state index contributed by atoms with van der Waals surface area (Å²) < 4.78 is 43.8.